The molecule has 0 bridgehead atoms. The van der Waals surface area contributed by atoms with Gasteiger partial charge >= 0.3 is 12.1 Å². The van der Waals surface area contributed by atoms with Gasteiger partial charge < -0.3 is 14.4 Å². The first-order valence-corrected chi connectivity index (χ1v) is 7.89. The molecule has 1 heterocycles. The van der Waals surface area contributed by atoms with Crippen LogP contribution < -0.4 is 9.47 Å². The third-order valence-corrected chi connectivity index (χ3v) is 4.16. The summed E-state index contributed by atoms with van der Waals surface area (Å²) in [4.78, 5) is 24.5. The van der Waals surface area contributed by atoms with Crippen LogP contribution in [0.25, 0.3) is 10.8 Å². The molecule has 0 aliphatic carbocycles. The molecule has 26 heavy (non-hydrogen) atoms. The number of benzene rings is 2. The lowest BCUT2D eigenvalue weighted by atomic mass is 10.1. The third-order valence-electron chi connectivity index (χ3n) is 4.16. The van der Waals surface area contributed by atoms with Crippen LogP contribution in [-0.4, -0.2) is 43.2 Å². The quantitative estimate of drug-likeness (QED) is 0.615. The number of carbonyl (C=O) groups excluding carboxylic acids is 2. The average Bonchev–Trinajstić information content (AvgIpc) is 2.93. The van der Waals surface area contributed by atoms with Crippen LogP contribution in [0.2, 0.25) is 0 Å². The summed E-state index contributed by atoms with van der Waals surface area (Å²) in [5.41, 5.74) is 0. The van der Waals surface area contributed by atoms with Gasteiger partial charge in [-0.25, -0.2) is 0 Å². The number of halogens is 3. The van der Waals surface area contributed by atoms with Gasteiger partial charge in [0.05, 0.1) is 13.0 Å². The molecule has 0 N–H and O–H groups in total. The van der Waals surface area contributed by atoms with Gasteiger partial charge in [0.1, 0.15) is 18.0 Å². The van der Waals surface area contributed by atoms with Gasteiger partial charge in [-0.05, 0) is 35.0 Å². The van der Waals surface area contributed by atoms with Crippen molar-refractivity contribution in [3.05, 3.63) is 36.4 Å². The number of ether oxygens (including phenoxy) is 2. The Kier molecular flexibility index (Phi) is 4.76. The van der Waals surface area contributed by atoms with Crippen LogP contribution in [0.3, 0.4) is 0 Å². The highest BCUT2D eigenvalue weighted by Crippen LogP contribution is 2.28. The van der Waals surface area contributed by atoms with Gasteiger partial charge in [0.25, 0.3) is 0 Å². The summed E-state index contributed by atoms with van der Waals surface area (Å²) < 4.78 is 47.7. The Morgan fingerprint density at radius 2 is 1.81 bits per heavy atom. The van der Waals surface area contributed by atoms with Crippen LogP contribution >= 0.6 is 0 Å². The Morgan fingerprint density at radius 1 is 1.15 bits per heavy atom. The van der Waals surface area contributed by atoms with E-state index in [1.165, 1.54) is 7.11 Å². The summed E-state index contributed by atoms with van der Waals surface area (Å²) in [7, 11) is 1.54. The minimum Gasteiger partial charge on any atom is -0.497 e. The van der Waals surface area contributed by atoms with E-state index in [1.54, 1.807) is 30.3 Å². The molecule has 8 heteroatoms. The molecule has 1 fully saturated rings. The van der Waals surface area contributed by atoms with Crippen molar-refractivity contribution < 1.29 is 32.2 Å². The normalized spacial score (nSPS) is 17.6. The predicted molar refractivity (Wildman–Crippen MR) is 86.9 cm³/mol. The molecule has 138 valence electrons. The number of likely N-dealkylation sites (tertiary alicyclic amines) is 1. The molecule has 0 spiro atoms. The molecular weight excluding hydrogens is 351 g/mol. The number of esters is 1. The number of rotatable bonds is 4. The number of alkyl halides is 3. The molecule has 1 atom stereocenters. The van der Waals surface area contributed by atoms with Crippen molar-refractivity contribution in [3.8, 4) is 11.5 Å². The fourth-order valence-corrected chi connectivity index (χ4v) is 2.89. The molecule has 0 radical (unpaired) electrons. The maximum Gasteiger partial charge on any atom is 0.406 e. The van der Waals surface area contributed by atoms with E-state index in [-0.39, 0.29) is 18.7 Å². The van der Waals surface area contributed by atoms with Gasteiger partial charge in [0.15, 0.2) is 0 Å². The monoisotopic (exact) mass is 367 g/mol. The minimum atomic E-state index is -4.49. The molecule has 1 aliphatic rings. The minimum absolute atomic E-state index is 0.262. The summed E-state index contributed by atoms with van der Waals surface area (Å²) >= 11 is 0. The molecule has 1 amide bonds. The van der Waals surface area contributed by atoms with E-state index < -0.39 is 30.5 Å². The van der Waals surface area contributed by atoms with E-state index in [9.17, 15) is 22.8 Å². The van der Waals surface area contributed by atoms with Gasteiger partial charge in [-0.1, -0.05) is 12.1 Å². The fraction of sp³-hybridized carbons (Fsp3) is 0.333. The SMILES string of the molecule is COc1ccc2ccc(OC(=O)[C@H]3CC(=O)N(CC(F)(F)F)C3)cc2c1. The van der Waals surface area contributed by atoms with Crippen LogP contribution in [0.15, 0.2) is 36.4 Å². The zero-order valence-electron chi connectivity index (χ0n) is 13.9. The summed E-state index contributed by atoms with van der Waals surface area (Å²) in [5.74, 6) is -1.42. The van der Waals surface area contributed by atoms with E-state index in [1.807, 2.05) is 6.07 Å². The largest absolute Gasteiger partial charge is 0.497 e. The fourth-order valence-electron chi connectivity index (χ4n) is 2.89. The third kappa shape index (κ3) is 4.07. The van der Waals surface area contributed by atoms with E-state index in [4.69, 9.17) is 9.47 Å². The predicted octanol–water partition coefficient (Wildman–Crippen LogP) is 3.16. The zero-order valence-corrected chi connectivity index (χ0v) is 13.9. The highest BCUT2D eigenvalue weighted by Gasteiger charge is 2.41. The number of amides is 1. The number of fused-ring (bicyclic) bond motifs is 1. The molecule has 5 nitrogen and oxygen atoms in total. The Bertz CT molecular complexity index is 850. The lowest BCUT2D eigenvalue weighted by Crippen LogP contribution is -2.36. The van der Waals surface area contributed by atoms with E-state index in [2.05, 4.69) is 0 Å². The Labute approximate surface area is 147 Å². The van der Waals surface area contributed by atoms with Crippen molar-refractivity contribution in [2.45, 2.75) is 12.6 Å². The van der Waals surface area contributed by atoms with Crippen molar-refractivity contribution >= 4 is 22.6 Å². The molecular formula is C18H16F3NO4. The van der Waals surface area contributed by atoms with E-state index >= 15 is 0 Å². The van der Waals surface area contributed by atoms with Crippen LogP contribution in [0.1, 0.15) is 6.42 Å². The first kappa shape index (κ1) is 18.0. The molecule has 0 aromatic heterocycles. The van der Waals surface area contributed by atoms with Gasteiger partial charge in [-0.15, -0.1) is 0 Å². The number of hydrogen-bond donors (Lipinski definition) is 0. The molecule has 2 aromatic rings. The van der Waals surface area contributed by atoms with E-state index in [0.717, 1.165) is 10.8 Å². The molecule has 0 unspecified atom stereocenters. The number of hydrogen-bond acceptors (Lipinski definition) is 4. The molecule has 1 aliphatic heterocycles. The summed E-state index contributed by atoms with van der Waals surface area (Å²) in [6.45, 7) is -1.65. The van der Waals surface area contributed by atoms with Crippen LogP contribution in [0, 0.1) is 5.92 Å². The topological polar surface area (TPSA) is 55.8 Å². The lowest BCUT2D eigenvalue weighted by Gasteiger charge is -2.18. The van der Waals surface area contributed by atoms with Gasteiger partial charge in [-0.3, -0.25) is 9.59 Å². The summed E-state index contributed by atoms with van der Waals surface area (Å²) in [6.07, 6.45) is -4.78. The van der Waals surface area contributed by atoms with Crippen molar-refractivity contribution in [1.82, 2.24) is 4.90 Å². The van der Waals surface area contributed by atoms with Crippen LogP contribution in [-0.2, 0) is 9.59 Å². The first-order chi connectivity index (χ1) is 12.2. The number of carbonyl (C=O) groups is 2. The van der Waals surface area contributed by atoms with Crippen molar-refractivity contribution in [2.24, 2.45) is 5.92 Å². The van der Waals surface area contributed by atoms with Gasteiger partial charge in [-0.2, -0.15) is 13.2 Å². The smallest absolute Gasteiger partial charge is 0.406 e. The maximum absolute atomic E-state index is 12.4. The van der Waals surface area contributed by atoms with Crippen molar-refractivity contribution in [2.75, 3.05) is 20.2 Å². The first-order valence-electron chi connectivity index (χ1n) is 7.89. The molecule has 3 rings (SSSR count). The van der Waals surface area contributed by atoms with Crippen LogP contribution in [0.5, 0.6) is 11.5 Å². The Morgan fingerprint density at radius 3 is 2.46 bits per heavy atom. The van der Waals surface area contributed by atoms with Gasteiger partial charge in [0, 0.05) is 13.0 Å². The van der Waals surface area contributed by atoms with Crippen molar-refractivity contribution in [3.63, 3.8) is 0 Å². The second kappa shape index (κ2) is 6.86. The maximum atomic E-state index is 12.4. The van der Waals surface area contributed by atoms with Gasteiger partial charge in [0.2, 0.25) is 5.91 Å². The Balaban J connectivity index is 1.70. The number of nitrogens with zero attached hydrogens (tertiary/aromatic N) is 1. The molecule has 0 saturated carbocycles. The second-order valence-electron chi connectivity index (χ2n) is 6.09. The highest BCUT2D eigenvalue weighted by atomic mass is 19.4. The summed E-state index contributed by atoms with van der Waals surface area (Å²) in [5, 5.41) is 1.70. The zero-order chi connectivity index (χ0) is 18.9. The molecule has 1 saturated heterocycles. The lowest BCUT2D eigenvalue weighted by molar-refractivity contribution is -0.157. The second-order valence-corrected chi connectivity index (χ2v) is 6.09. The highest BCUT2D eigenvalue weighted by molar-refractivity contribution is 5.89. The van der Waals surface area contributed by atoms with Crippen molar-refractivity contribution in [1.29, 1.82) is 0 Å². The summed E-state index contributed by atoms with van der Waals surface area (Å²) in [6, 6.07) is 10.4. The standard InChI is InChI=1S/C18H16F3NO4/c1-25-14-4-2-11-3-5-15(7-12(11)6-14)26-17(24)13-8-16(23)22(9-13)10-18(19,20)21/h2-7,13H,8-10H2,1H3/t13-/m0/s1. The average molecular weight is 367 g/mol. The molecule has 2 aromatic carbocycles. The van der Waals surface area contributed by atoms with E-state index in [0.29, 0.717) is 10.6 Å². The van der Waals surface area contributed by atoms with Crippen LogP contribution in [0.4, 0.5) is 13.2 Å². The Hall–Kier alpha value is -2.77. The number of methoxy groups -OCH3 is 1.